The highest BCUT2D eigenvalue weighted by atomic mass is 16.5. The average molecular weight is 244 g/mol. The maximum Gasteiger partial charge on any atom is 0.329 e. The van der Waals surface area contributed by atoms with Gasteiger partial charge in [-0.1, -0.05) is 0 Å². The molecule has 0 bridgehead atoms. The van der Waals surface area contributed by atoms with Gasteiger partial charge in [0.05, 0.1) is 12.7 Å². The van der Waals surface area contributed by atoms with Gasteiger partial charge in [-0.15, -0.1) is 0 Å². The van der Waals surface area contributed by atoms with Gasteiger partial charge < -0.3 is 14.4 Å². The van der Waals surface area contributed by atoms with Crippen LogP contribution in [0.5, 0.6) is 0 Å². The number of carbonyl (C=O) groups is 1. The molecule has 0 saturated carbocycles. The fourth-order valence-electron chi connectivity index (χ4n) is 2.08. The number of ether oxygens (including phenoxy) is 2. The number of esters is 1. The quantitative estimate of drug-likeness (QED) is 0.679. The van der Waals surface area contributed by atoms with E-state index in [1.165, 1.54) is 0 Å². The van der Waals surface area contributed by atoms with Crippen molar-refractivity contribution >= 4 is 5.97 Å². The summed E-state index contributed by atoms with van der Waals surface area (Å²) in [5, 5.41) is 3.32. The zero-order valence-electron chi connectivity index (χ0n) is 11.3. The van der Waals surface area contributed by atoms with E-state index in [0.29, 0.717) is 19.6 Å². The third kappa shape index (κ3) is 3.40. The Hall–Kier alpha value is -0.650. The first-order valence-corrected chi connectivity index (χ1v) is 6.21. The van der Waals surface area contributed by atoms with E-state index in [4.69, 9.17) is 9.47 Å². The van der Waals surface area contributed by atoms with Crippen molar-refractivity contribution in [3.63, 3.8) is 0 Å². The third-order valence-corrected chi connectivity index (χ3v) is 3.20. The molecule has 1 N–H and O–H groups in total. The Morgan fingerprint density at radius 1 is 1.59 bits per heavy atom. The van der Waals surface area contributed by atoms with E-state index in [2.05, 4.69) is 10.2 Å². The average Bonchev–Trinajstić information content (AvgIpc) is 2.61. The molecule has 1 heterocycles. The number of nitrogens with zero attached hydrogens (tertiary/aromatic N) is 1. The molecule has 0 amide bonds. The van der Waals surface area contributed by atoms with Crippen molar-refractivity contribution in [2.45, 2.75) is 31.9 Å². The lowest BCUT2D eigenvalue weighted by Crippen LogP contribution is -2.58. The predicted molar refractivity (Wildman–Crippen MR) is 66.0 cm³/mol. The minimum Gasteiger partial charge on any atom is -0.465 e. The summed E-state index contributed by atoms with van der Waals surface area (Å²) in [5.74, 6) is -0.191. The van der Waals surface area contributed by atoms with Gasteiger partial charge in [0, 0.05) is 26.1 Å². The Labute approximate surface area is 103 Å². The Bertz CT molecular complexity index is 258. The molecule has 2 atom stereocenters. The zero-order valence-corrected chi connectivity index (χ0v) is 11.3. The fourth-order valence-corrected chi connectivity index (χ4v) is 2.08. The maximum atomic E-state index is 12.1. The molecule has 0 spiro atoms. The molecule has 0 radical (unpaired) electrons. The van der Waals surface area contributed by atoms with Crippen molar-refractivity contribution in [1.29, 1.82) is 0 Å². The van der Waals surface area contributed by atoms with E-state index >= 15 is 0 Å². The first kappa shape index (κ1) is 14.4. The number of likely N-dealkylation sites (N-methyl/N-ethyl adjacent to an activating group) is 1. The van der Waals surface area contributed by atoms with E-state index < -0.39 is 5.54 Å². The van der Waals surface area contributed by atoms with Crippen LogP contribution in [0.3, 0.4) is 0 Å². The van der Waals surface area contributed by atoms with Crippen LogP contribution in [0.25, 0.3) is 0 Å². The topological polar surface area (TPSA) is 50.8 Å². The van der Waals surface area contributed by atoms with Gasteiger partial charge in [-0.2, -0.15) is 0 Å². The third-order valence-electron chi connectivity index (χ3n) is 3.20. The summed E-state index contributed by atoms with van der Waals surface area (Å²) in [6.45, 7) is 6.39. The minimum atomic E-state index is -0.661. The number of rotatable bonds is 6. The fraction of sp³-hybridized carbons (Fsp3) is 0.917. The second-order valence-corrected chi connectivity index (χ2v) is 4.68. The van der Waals surface area contributed by atoms with Crippen molar-refractivity contribution < 1.29 is 14.3 Å². The summed E-state index contributed by atoms with van der Waals surface area (Å²) in [5.41, 5.74) is -0.661. The van der Waals surface area contributed by atoms with Crippen molar-refractivity contribution in [2.75, 3.05) is 40.4 Å². The van der Waals surface area contributed by atoms with E-state index in [-0.39, 0.29) is 12.1 Å². The van der Waals surface area contributed by atoms with Gasteiger partial charge in [-0.05, 0) is 27.9 Å². The molecule has 0 aromatic heterocycles. The summed E-state index contributed by atoms with van der Waals surface area (Å²) in [4.78, 5) is 14.2. The number of carbonyl (C=O) groups excluding carboxylic acids is 1. The van der Waals surface area contributed by atoms with Gasteiger partial charge in [0.25, 0.3) is 0 Å². The van der Waals surface area contributed by atoms with Crippen LogP contribution in [0, 0.1) is 0 Å². The highest BCUT2D eigenvalue weighted by Gasteiger charge is 2.48. The summed E-state index contributed by atoms with van der Waals surface area (Å²) in [7, 11) is 4.01. The molecule has 5 nitrogen and oxygen atoms in total. The predicted octanol–water partition coefficient (Wildman–Crippen LogP) is 0.248. The largest absolute Gasteiger partial charge is 0.465 e. The van der Waals surface area contributed by atoms with Crippen molar-refractivity contribution in [1.82, 2.24) is 10.2 Å². The molecule has 2 unspecified atom stereocenters. The summed E-state index contributed by atoms with van der Waals surface area (Å²) >= 11 is 0. The second-order valence-electron chi connectivity index (χ2n) is 4.68. The molecule has 5 heteroatoms. The van der Waals surface area contributed by atoms with E-state index in [1.54, 1.807) is 0 Å². The molecule has 1 aliphatic rings. The van der Waals surface area contributed by atoms with Crippen LogP contribution in [0.1, 0.15) is 20.3 Å². The Morgan fingerprint density at radius 2 is 2.29 bits per heavy atom. The van der Waals surface area contributed by atoms with Gasteiger partial charge >= 0.3 is 5.97 Å². The molecule has 17 heavy (non-hydrogen) atoms. The molecular weight excluding hydrogens is 220 g/mol. The molecule has 1 rings (SSSR count). The zero-order chi connectivity index (χ0) is 12.9. The summed E-state index contributed by atoms with van der Waals surface area (Å²) < 4.78 is 10.7. The van der Waals surface area contributed by atoms with Crippen LogP contribution in [-0.2, 0) is 14.3 Å². The van der Waals surface area contributed by atoms with Crippen LogP contribution in [0.2, 0.25) is 0 Å². The Kier molecular flexibility index (Phi) is 5.36. The monoisotopic (exact) mass is 244 g/mol. The lowest BCUT2D eigenvalue weighted by Gasteiger charge is -2.31. The summed E-state index contributed by atoms with van der Waals surface area (Å²) in [6, 6.07) is 0. The first-order chi connectivity index (χ1) is 8.03. The van der Waals surface area contributed by atoms with Crippen LogP contribution in [-0.4, -0.2) is 62.9 Å². The molecule has 1 fully saturated rings. The lowest BCUT2D eigenvalue weighted by atomic mass is 9.92. The molecule has 0 aromatic rings. The van der Waals surface area contributed by atoms with Gasteiger partial charge in [0.2, 0.25) is 0 Å². The van der Waals surface area contributed by atoms with Crippen molar-refractivity contribution in [2.24, 2.45) is 0 Å². The lowest BCUT2D eigenvalue weighted by molar-refractivity contribution is -0.153. The molecule has 1 aliphatic heterocycles. The molecule has 0 aromatic carbocycles. The highest BCUT2D eigenvalue weighted by molar-refractivity contribution is 5.82. The van der Waals surface area contributed by atoms with Crippen molar-refractivity contribution in [3.8, 4) is 0 Å². The summed E-state index contributed by atoms with van der Waals surface area (Å²) in [6.07, 6.45) is 0.546. The van der Waals surface area contributed by atoms with Crippen LogP contribution >= 0.6 is 0 Å². The van der Waals surface area contributed by atoms with Gasteiger partial charge in [0.1, 0.15) is 5.54 Å². The van der Waals surface area contributed by atoms with Crippen LogP contribution in [0.15, 0.2) is 0 Å². The number of nitrogens with one attached hydrogen (secondary N) is 1. The van der Waals surface area contributed by atoms with Crippen LogP contribution in [0.4, 0.5) is 0 Å². The Balaban J connectivity index is 2.63. The molecule has 0 aliphatic carbocycles. The van der Waals surface area contributed by atoms with E-state index in [1.807, 2.05) is 27.9 Å². The highest BCUT2D eigenvalue weighted by Crippen LogP contribution is 2.27. The Morgan fingerprint density at radius 3 is 2.76 bits per heavy atom. The van der Waals surface area contributed by atoms with E-state index in [0.717, 1.165) is 13.1 Å². The second kappa shape index (κ2) is 6.33. The maximum absolute atomic E-state index is 12.1. The minimum absolute atomic E-state index is 0.135. The van der Waals surface area contributed by atoms with Gasteiger partial charge in [-0.3, -0.25) is 5.32 Å². The number of hydrogen-bond acceptors (Lipinski definition) is 5. The standard InChI is InChI=1S/C12H24N2O3/c1-5-16-11(15)12(6-9-17-10(12)2)13-7-8-14(3)4/h10,13H,5-9H2,1-4H3. The van der Waals surface area contributed by atoms with Gasteiger partial charge in [-0.25, -0.2) is 4.79 Å². The van der Waals surface area contributed by atoms with Crippen LogP contribution < -0.4 is 5.32 Å². The molecular formula is C12H24N2O3. The normalized spacial score (nSPS) is 28.6. The van der Waals surface area contributed by atoms with E-state index in [9.17, 15) is 4.79 Å². The SMILES string of the molecule is CCOC(=O)C1(NCCN(C)C)CCOC1C. The molecule has 100 valence electrons. The van der Waals surface area contributed by atoms with Gasteiger partial charge in [0.15, 0.2) is 0 Å². The first-order valence-electron chi connectivity index (χ1n) is 6.21. The molecule has 1 saturated heterocycles. The smallest absolute Gasteiger partial charge is 0.329 e. The number of hydrogen-bond donors (Lipinski definition) is 1. The van der Waals surface area contributed by atoms with Crippen molar-refractivity contribution in [3.05, 3.63) is 0 Å².